The molecule has 0 aromatic rings. The molecule has 0 aliphatic rings. The molecule has 0 heterocycles. The van der Waals surface area contributed by atoms with E-state index in [4.69, 9.17) is 0 Å². The molecule has 2 heteroatoms. The zero-order chi connectivity index (χ0) is 12.1. The van der Waals surface area contributed by atoms with Crippen molar-refractivity contribution in [2.45, 2.75) is 53.0 Å². The third-order valence-electron chi connectivity index (χ3n) is 3.21. The SMILES string of the molecule is C=C(C)CC(=O)C(C)(CC)N(CC)CC. The number of hydrogen-bond acceptors (Lipinski definition) is 2. The summed E-state index contributed by atoms with van der Waals surface area (Å²) in [6, 6.07) is 0. The minimum absolute atomic E-state index is 0.293. The van der Waals surface area contributed by atoms with Crippen molar-refractivity contribution in [3.8, 4) is 0 Å². The average molecular weight is 211 g/mol. The highest BCUT2D eigenvalue weighted by Crippen LogP contribution is 2.23. The van der Waals surface area contributed by atoms with E-state index in [1.54, 1.807) is 0 Å². The monoisotopic (exact) mass is 211 g/mol. The summed E-state index contributed by atoms with van der Waals surface area (Å²) in [5.41, 5.74) is 0.634. The van der Waals surface area contributed by atoms with Crippen LogP contribution in [-0.4, -0.2) is 29.3 Å². The number of likely N-dealkylation sites (N-methyl/N-ethyl adjacent to an activating group) is 1. The van der Waals surface area contributed by atoms with E-state index < -0.39 is 0 Å². The number of hydrogen-bond donors (Lipinski definition) is 0. The number of allylic oxidation sites excluding steroid dienone is 1. The Balaban J connectivity index is 4.81. The van der Waals surface area contributed by atoms with Crippen molar-refractivity contribution in [3.63, 3.8) is 0 Å². The standard InChI is InChI=1S/C13H25NO/c1-7-13(6,14(8-2)9-3)12(15)10-11(4)5/h4,7-10H2,1-3,5-6H3. The Labute approximate surface area is 94.4 Å². The smallest absolute Gasteiger partial charge is 0.156 e. The summed E-state index contributed by atoms with van der Waals surface area (Å²) < 4.78 is 0. The molecule has 0 amide bonds. The molecule has 0 saturated carbocycles. The van der Waals surface area contributed by atoms with Crippen LogP contribution in [0.2, 0.25) is 0 Å². The van der Waals surface area contributed by atoms with Gasteiger partial charge in [-0.05, 0) is 33.4 Å². The van der Waals surface area contributed by atoms with Crippen LogP contribution in [0.3, 0.4) is 0 Å². The van der Waals surface area contributed by atoms with Gasteiger partial charge in [-0.15, -0.1) is 0 Å². The Hall–Kier alpha value is -0.630. The molecule has 2 nitrogen and oxygen atoms in total. The van der Waals surface area contributed by atoms with Gasteiger partial charge < -0.3 is 0 Å². The van der Waals surface area contributed by atoms with Crippen molar-refractivity contribution < 1.29 is 4.79 Å². The maximum atomic E-state index is 12.2. The van der Waals surface area contributed by atoms with Gasteiger partial charge in [0.1, 0.15) is 0 Å². The first-order valence-electron chi connectivity index (χ1n) is 5.85. The van der Waals surface area contributed by atoms with E-state index >= 15 is 0 Å². The highest BCUT2D eigenvalue weighted by atomic mass is 16.1. The van der Waals surface area contributed by atoms with E-state index in [9.17, 15) is 4.79 Å². The maximum Gasteiger partial charge on any atom is 0.156 e. The summed E-state index contributed by atoms with van der Waals surface area (Å²) in [4.78, 5) is 14.4. The molecule has 1 atom stereocenters. The maximum absolute atomic E-state index is 12.2. The predicted octanol–water partition coefficient (Wildman–Crippen LogP) is 3.03. The van der Waals surface area contributed by atoms with Crippen LogP contribution in [-0.2, 0) is 4.79 Å². The van der Waals surface area contributed by atoms with E-state index in [1.807, 2.05) is 13.8 Å². The first kappa shape index (κ1) is 14.4. The lowest BCUT2D eigenvalue weighted by atomic mass is 9.87. The lowest BCUT2D eigenvalue weighted by Crippen LogP contribution is -2.51. The molecule has 0 spiro atoms. The van der Waals surface area contributed by atoms with Crippen LogP contribution in [0, 0.1) is 0 Å². The van der Waals surface area contributed by atoms with Gasteiger partial charge in [0.25, 0.3) is 0 Å². The van der Waals surface area contributed by atoms with Crippen molar-refractivity contribution >= 4 is 5.78 Å². The lowest BCUT2D eigenvalue weighted by Gasteiger charge is -2.38. The predicted molar refractivity (Wildman–Crippen MR) is 66.1 cm³/mol. The van der Waals surface area contributed by atoms with Crippen molar-refractivity contribution in [3.05, 3.63) is 12.2 Å². The molecule has 0 saturated heterocycles. The minimum Gasteiger partial charge on any atom is -0.297 e. The highest BCUT2D eigenvalue weighted by molar-refractivity contribution is 5.89. The van der Waals surface area contributed by atoms with Gasteiger partial charge in [0.05, 0.1) is 5.54 Å². The molecule has 0 aromatic carbocycles. The van der Waals surface area contributed by atoms with Gasteiger partial charge >= 0.3 is 0 Å². The van der Waals surface area contributed by atoms with Crippen LogP contribution in [0.5, 0.6) is 0 Å². The zero-order valence-electron chi connectivity index (χ0n) is 10.9. The zero-order valence-corrected chi connectivity index (χ0v) is 10.9. The fourth-order valence-electron chi connectivity index (χ4n) is 1.98. The van der Waals surface area contributed by atoms with Gasteiger partial charge in [-0.1, -0.05) is 32.9 Å². The molecule has 0 rings (SSSR count). The molecule has 0 aliphatic heterocycles. The van der Waals surface area contributed by atoms with E-state index in [0.717, 1.165) is 25.1 Å². The van der Waals surface area contributed by atoms with Crippen LogP contribution >= 0.6 is 0 Å². The third kappa shape index (κ3) is 3.45. The van der Waals surface area contributed by atoms with Crippen LogP contribution < -0.4 is 0 Å². The van der Waals surface area contributed by atoms with E-state index in [-0.39, 0.29) is 5.54 Å². The van der Waals surface area contributed by atoms with Crippen LogP contribution in [0.15, 0.2) is 12.2 Å². The third-order valence-corrected chi connectivity index (χ3v) is 3.21. The molecule has 88 valence electrons. The molecule has 0 aliphatic carbocycles. The van der Waals surface area contributed by atoms with Gasteiger partial charge in [-0.3, -0.25) is 9.69 Å². The fourth-order valence-corrected chi connectivity index (χ4v) is 1.98. The lowest BCUT2D eigenvalue weighted by molar-refractivity contribution is -0.129. The van der Waals surface area contributed by atoms with Crippen LogP contribution in [0.25, 0.3) is 0 Å². The summed E-state index contributed by atoms with van der Waals surface area (Å²) in [6.07, 6.45) is 1.36. The molecule has 0 aromatic heterocycles. The Morgan fingerprint density at radius 3 is 2.00 bits per heavy atom. The Kier molecular flexibility index (Phi) is 5.81. The van der Waals surface area contributed by atoms with E-state index in [0.29, 0.717) is 12.2 Å². The summed E-state index contributed by atoms with van der Waals surface area (Å²) in [6.45, 7) is 15.9. The summed E-state index contributed by atoms with van der Waals surface area (Å²) in [7, 11) is 0. The molecule has 1 unspecified atom stereocenters. The van der Waals surface area contributed by atoms with Crippen molar-refractivity contribution in [2.75, 3.05) is 13.1 Å². The highest BCUT2D eigenvalue weighted by Gasteiger charge is 2.35. The first-order valence-corrected chi connectivity index (χ1v) is 5.85. The second-order valence-corrected chi connectivity index (χ2v) is 4.36. The Bertz CT molecular complexity index is 231. The van der Waals surface area contributed by atoms with Crippen molar-refractivity contribution in [1.82, 2.24) is 4.90 Å². The quantitative estimate of drug-likeness (QED) is 0.603. The normalized spacial score (nSPS) is 15.1. The van der Waals surface area contributed by atoms with Gasteiger partial charge in [-0.25, -0.2) is 0 Å². The van der Waals surface area contributed by atoms with E-state index in [2.05, 4.69) is 32.3 Å². The largest absolute Gasteiger partial charge is 0.297 e. The Morgan fingerprint density at radius 1 is 1.27 bits per heavy atom. The van der Waals surface area contributed by atoms with Crippen LogP contribution in [0.1, 0.15) is 47.5 Å². The first-order chi connectivity index (χ1) is 6.92. The number of carbonyl (C=O) groups excluding carboxylic acids is 1. The van der Waals surface area contributed by atoms with Crippen molar-refractivity contribution in [2.24, 2.45) is 0 Å². The Morgan fingerprint density at radius 2 is 1.73 bits per heavy atom. The second kappa shape index (κ2) is 6.06. The summed E-state index contributed by atoms with van der Waals surface area (Å²) in [5.74, 6) is 0.293. The number of rotatable bonds is 7. The fraction of sp³-hybridized carbons (Fsp3) is 0.769. The molecular formula is C13H25NO. The van der Waals surface area contributed by atoms with Gasteiger partial charge in [-0.2, -0.15) is 0 Å². The van der Waals surface area contributed by atoms with Crippen molar-refractivity contribution in [1.29, 1.82) is 0 Å². The molecule has 0 N–H and O–H groups in total. The topological polar surface area (TPSA) is 20.3 Å². The molecule has 0 bridgehead atoms. The van der Waals surface area contributed by atoms with Gasteiger partial charge in [0.2, 0.25) is 0 Å². The summed E-state index contributed by atoms with van der Waals surface area (Å²) >= 11 is 0. The second-order valence-electron chi connectivity index (χ2n) is 4.36. The molecular weight excluding hydrogens is 186 g/mol. The summed E-state index contributed by atoms with van der Waals surface area (Å²) in [5, 5.41) is 0. The van der Waals surface area contributed by atoms with Crippen LogP contribution in [0.4, 0.5) is 0 Å². The van der Waals surface area contributed by atoms with Gasteiger partial charge in [0.15, 0.2) is 5.78 Å². The molecule has 0 fully saturated rings. The number of ketones is 1. The number of Topliss-reactive ketones (excluding diaryl/α,β-unsaturated/α-hetero) is 1. The minimum atomic E-state index is -0.317. The number of carbonyl (C=O) groups is 1. The average Bonchev–Trinajstić information content (AvgIpc) is 2.18. The molecule has 0 radical (unpaired) electrons. The molecule has 15 heavy (non-hydrogen) atoms. The number of nitrogens with zero attached hydrogens (tertiary/aromatic N) is 1. The van der Waals surface area contributed by atoms with E-state index in [1.165, 1.54) is 0 Å². The van der Waals surface area contributed by atoms with Gasteiger partial charge in [0, 0.05) is 6.42 Å².